The van der Waals surface area contributed by atoms with Crippen molar-refractivity contribution in [2.45, 2.75) is 22.9 Å². The lowest BCUT2D eigenvalue weighted by molar-refractivity contribution is 0.0981. The van der Waals surface area contributed by atoms with Crippen LogP contribution in [-0.2, 0) is 23.1 Å². The van der Waals surface area contributed by atoms with E-state index in [4.69, 9.17) is 9.47 Å². The Kier molecular flexibility index (Phi) is 9.68. The molecule has 1 heterocycles. The fourth-order valence-electron chi connectivity index (χ4n) is 5.05. The Bertz CT molecular complexity index is 1900. The Labute approximate surface area is 272 Å². The normalized spacial score (nSPS) is 12.3. The van der Waals surface area contributed by atoms with Crippen LogP contribution in [0.15, 0.2) is 131 Å². The summed E-state index contributed by atoms with van der Waals surface area (Å²) in [5, 5.41) is 0. The van der Waals surface area contributed by atoms with E-state index in [1.807, 2.05) is 36.4 Å². The van der Waals surface area contributed by atoms with Crippen molar-refractivity contribution >= 4 is 27.7 Å². The van der Waals surface area contributed by atoms with Gasteiger partial charge in [-0.1, -0.05) is 60.7 Å². The Morgan fingerprint density at radius 1 is 0.761 bits per heavy atom. The lowest BCUT2D eigenvalue weighted by Gasteiger charge is -2.23. The summed E-state index contributed by atoms with van der Waals surface area (Å²) < 4.78 is 52.6. The first kappa shape index (κ1) is 31.3. The summed E-state index contributed by atoms with van der Waals surface area (Å²) in [4.78, 5) is 16.3. The number of carbonyl (C=O) groups excluding carboxylic acids is 1. The van der Waals surface area contributed by atoms with Crippen LogP contribution < -0.4 is 14.2 Å². The van der Waals surface area contributed by atoms with Crippen LogP contribution in [0.25, 0.3) is 11.1 Å². The Morgan fingerprint density at radius 3 is 2.11 bits per heavy atom. The molecule has 0 radical (unpaired) electrons. The molecular weight excluding hydrogens is 624 g/mol. The highest BCUT2D eigenvalue weighted by Crippen LogP contribution is 2.33. The molecule has 1 aliphatic heterocycles. The van der Waals surface area contributed by atoms with Gasteiger partial charge >= 0.3 is 0 Å². The molecule has 234 valence electrons. The van der Waals surface area contributed by atoms with Gasteiger partial charge in [0.05, 0.1) is 4.90 Å². The van der Waals surface area contributed by atoms with Gasteiger partial charge in [0.15, 0.2) is 11.5 Å². The van der Waals surface area contributed by atoms with Gasteiger partial charge in [-0.15, -0.1) is 11.8 Å². The number of sulfonamides is 1. The number of hydrogen-bond acceptors (Lipinski definition) is 7. The molecule has 0 saturated heterocycles. The Hall–Kier alpha value is -4.64. The van der Waals surface area contributed by atoms with Crippen molar-refractivity contribution in [3.63, 3.8) is 0 Å². The molecular formula is C36H31FN2O5S2. The molecule has 6 rings (SSSR count). The van der Waals surface area contributed by atoms with E-state index >= 15 is 0 Å². The second kappa shape index (κ2) is 14.2. The van der Waals surface area contributed by atoms with Crippen LogP contribution >= 0.6 is 11.8 Å². The number of nitrogens with zero attached hydrogens (tertiary/aromatic N) is 1. The smallest absolute Gasteiger partial charge is 0.264 e. The average molecular weight is 655 g/mol. The topological polar surface area (TPSA) is 84.9 Å². The minimum atomic E-state index is -4.10. The summed E-state index contributed by atoms with van der Waals surface area (Å²) in [5.74, 6) is 1.27. The number of hydrogen-bond donors (Lipinski definition) is 1. The number of thioether (sulfide) groups is 1. The number of rotatable bonds is 12. The van der Waals surface area contributed by atoms with Crippen molar-refractivity contribution in [3.05, 3.63) is 144 Å². The third-order valence-corrected chi connectivity index (χ3v) is 9.79. The number of carbonyl (C=O) groups is 1. The van der Waals surface area contributed by atoms with E-state index in [2.05, 4.69) is 21.8 Å². The van der Waals surface area contributed by atoms with Gasteiger partial charge in [-0.25, -0.2) is 17.5 Å². The monoisotopic (exact) mass is 654 g/mol. The molecule has 0 saturated carbocycles. The van der Waals surface area contributed by atoms with E-state index in [0.29, 0.717) is 13.1 Å². The summed E-state index contributed by atoms with van der Waals surface area (Å²) >= 11 is 1.78. The third kappa shape index (κ3) is 7.95. The largest absolute Gasteiger partial charge is 0.454 e. The van der Waals surface area contributed by atoms with Crippen LogP contribution in [0.5, 0.6) is 11.5 Å². The minimum absolute atomic E-state index is 0.00511. The van der Waals surface area contributed by atoms with Crippen LogP contribution in [0.1, 0.15) is 21.5 Å². The molecule has 0 unspecified atom stereocenters. The minimum Gasteiger partial charge on any atom is -0.454 e. The molecule has 0 spiro atoms. The number of amides is 1. The average Bonchev–Trinajstić information content (AvgIpc) is 3.54. The molecule has 5 aromatic carbocycles. The molecule has 1 aliphatic rings. The molecule has 7 nitrogen and oxygen atoms in total. The first-order valence-corrected chi connectivity index (χ1v) is 17.1. The van der Waals surface area contributed by atoms with E-state index in [9.17, 15) is 17.6 Å². The second-order valence-corrected chi connectivity index (χ2v) is 13.6. The molecule has 0 fully saturated rings. The number of nitrogens with one attached hydrogen (secondary N) is 1. The van der Waals surface area contributed by atoms with Gasteiger partial charge in [-0.05, 0) is 82.9 Å². The first-order chi connectivity index (χ1) is 22.3. The quantitative estimate of drug-likeness (QED) is 0.143. The van der Waals surface area contributed by atoms with E-state index in [0.717, 1.165) is 46.1 Å². The van der Waals surface area contributed by atoms with E-state index in [1.54, 1.807) is 48.2 Å². The molecule has 0 aromatic heterocycles. The van der Waals surface area contributed by atoms with Crippen LogP contribution in [-0.4, -0.2) is 38.3 Å². The highest BCUT2D eigenvalue weighted by atomic mass is 32.2. The molecule has 46 heavy (non-hydrogen) atoms. The van der Waals surface area contributed by atoms with Crippen molar-refractivity contribution in [1.29, 1.82) is 0 Å². The van der Waals surface area contributed by atoms with E-state index in [-0.39, 0.29) is 23.1 Å². The standard InChI is InChI=1S/C36H31FN2O5S2/c37-31-15-13-29(14-16-31)28-9-11-30(12-10-28)36(40)38-46(41,42)33-17-6-26(7-18-33)23-39(20-21-45-32-4-2-1-3-5-32)24-27-8-19-34-35(22-27)44-25-43-34/h1-19,22H,20-21,23-25H2,(H,38,40). The molecule has 1 N–H and O–H groups in total. The van der Waals surface area contributed by atoms with E-state index in [1.165, 1.54) is 41.3 Å². The number of fused-ring (bicyclic) bond motifs is 1. The highest BCUT2D eigenvalue weighted by molar-refractivity contribution is 7.99. The molecule has 0 aliphatic carbocycles. The Morgan fingerprint density at radius 2 is 1.39 bits per heavy atom. The predicted octanol–water partition coefficient (Wildman–Crippen LogP) is 7.13. The zero-order valence-corrected chi connectivity index (χ0v) is 26.4. The van der Waals surface area contributed by atoms with Gasteiger partial charge in [0, 0.05) is 35.8 Å². The van der Waals surface area contributed by atoms with Gasteiger partial charge in [-0.2, -0.15) is 0 Å². The summed E-state index contributed by atoms with van der Waals surface area (Å²) in [5.41, 5.74) is 3.78. The number of halogens is 1. The van der Waals surface area contributed by atoms with Crippen LogP contribution in [0.2, 0.25) is 0 Å². The predicted molar refractivity (Wildman–Crippen MR) is 177 cm³/mol. The van der Waals surface area contributed by atoms with Crippen molar-refractivity contribution in [2.75, 3.05) is 19.1 Å². The summed E-state index contributed by atoms with van der Waals surface area (Å²) in [6.07, 6.45) is 0. The SMILES string of the molecule is O=C(NS(=O)(=O)c1ccc(CN(CCSc2ccccc2)Cc2ccc3c(c2)OCO3)cc1)c1ccc(-c2ccc(F)cc2)cc1. The molecule has 5 aromatic rings. The lowest BCUT2D eigenvalue weighted by Crippen LogP contribution is -2.30. The van der Waals surface area contributed by atoms with Gasteiger partial charge in [0.2, 0.25) is 6.79 Å². The van der Waals surface area contributed by atoms with Crippen LogP contribution in [0.4, 0.5) is 4.39 Å². The highest BCUT2D eigenvalue weighted by Gasteiger charge is 2.20. The maximum Gasteiger partial charge on any atom is 0.264 e. The molecule has 0 bridgehead atoms. The molecule has 0 atom stereocenters. The van der Waals surface area contributed by atoms with Crippen molar-refractivity contribution in [1.82, 2.24) is 9.62 Å². The van der Waals surface area contributed by atoms with Crippen LogP contribution in [0, 0.1) is 5.82 Å². The van der Waals surface area contributed by atoms with Crippen molar-refractivity contribution < 1.29 is 27.1 Å². The number of ether oxygens (including phenoxy) is 2. The van der Waals surface area contributed by atoms with Gasteiger partial charge in [-0.3, -0.25) is 9.69 Å². The van der Waals surface area contributed by atoms with Crippen LogP contribution in [0.3, 0.4) is 0 Å². The fourth-order valence-corrected chi connectivity index (χ4v) is 6.96. The number of benzene rings is 5. The summed E-state index contributed by atoms with van der Waals surface area (Å²) in [6, 6.07) is 35.2. The van der Waals surface area contributed by atoms with Crippen molar-refractivity contribution in [3.8, 4) is 22.6 Å². The van der Waals surface area contributed by atoms with Crippen molar-refractivity contribution in [2.24, 2.45) is 0 Å². The van der Waals surface area contributed by atoms with E-state index < -0.39 is 15.9 Å². The fraction of sp³-hybridized carbons (Fsp3) is 0.139. The maximum atomic E-state index is 13.2. The first-order valence-electron chi connectivity index (χ1n) is 14.6. The van der Waals surface area contributed by atoms with Gasteiger partial charge in [0.25, 0.3) is 15.9 Å². The zero-order valence-electron chi connectivity index (χ0n) is 24.8. The maximum absolute atomic E-state index is 13.2. The summed E-state index contributed by atoms with van der Waals surface area (Å²) in [7, 11) is -4.10. The molecule has 10 heteroatoms. The molecule has 1 amide bonds. The Balaban J connectivity index is 1.10. The van der Waals surface area contributed by atoms with Gasteiger partial charge in [0.1, 0.15) is 5.82 Å². The summed E-state index contributed by atoms with van der Waals surface area (Å²) in [6.45, 7) is 2.28. The van der Waals surface area contributed by atoms with Gasteiger partial charge < -0.3 is 9.47 Å². The second-order valence-electron chi connectivity index (χ2n) is 10.7. The third-order valence-electron chi connectivity index (χ3n) is 7.45. The zero-order chi connectivity index (χ0) is 31.9. The lowest BCUT2D eigenvalue weighted by atomic mass is 10.0.